The van der Waals surface area contributed by atoms with Crippen molar-refractivity contribution in [2.24, 2.45) is 16.5 Å². The Balaban J connectivity index is 2.01. The number of imidazole rings is 1. The number of anilines is 1. The summed E-state index contributed by atoms with van der Waals surface area (Å²) < 4.78 is 12.9. The summed E-state index contributed by atoms with van der Waals surface area (Å²) in [6.45, 7) is 3.31. The molecule has 2 aliphatic rings. The van der Waals surface area contributed by atoms with Gasteiger partial charge in [0.2, 0.25) is 0 Å². The van der Waals surface area contributed by atoms with E-state index in [0.717, 1.165) is 0 Å². The lowest BCUT2D eigenvalue weighted by atomic mass is 9.99. The lowest BCUT2D eigenvalue weighted by molar-refractivity contribution is -0.282. The van der Waals surface area contributed by atoms with Gasteiger partial charge in [-0.05, 0) is 13.8 Å². The number of nitrogens with two attached hydrogens (primary N) is 2. The second-order valence-corrected chi connectivity index (χ2v) is 6.01. The lowest BCUT2D eigenvalue weighted by Crippen LogP contribution is -2.58. The molecule has 2 unspecified atom stereocenters. The molecule has 3 heterocycles. The van der Waals surface area contributed by atoms with Crippen molar-refractivity contribution < 1.29 is 14.6 Å². The number of hydrogen-bond donors (Lipinski definition) is 4. The van der Waals surface area contributed by atoms with Gasteiger partial charge in [0.1, 0.15) is 23.2 Å². The first-order valence-electron chi connectivity index (χ1n) is 7.17. The molecule has 1 aromatic rings. The molecular formula is C14H20N6O3. The minimum atomic E-state index is -1.22. The Morgan fingerprint density at radius 1 is 1.61 bits per heavy atom. The fourth-order valence-electron chi connectivity index (χ4n) is 2.50. The smallest absolute Gasteiger partial charge is 0.185 e. The third-order valence-electron chi connectivity index (χ3n) is 3.75. The van der Waals surface area contributed by atoms with Crippen molar-refractivity contribution in [3.05, 3.63) is 12.0 Å². The monoisotopic (exact) mass is 320 g/mol. The molecule has 0 saturated carbocycles. The highest BCUT2D eigenvalue weighted by molar-refractivity contribution is 5.86. The van der Waals surface area contributed by atoms with E-state index in [1.54, 1.807) is 31.0 Å². The van der Waals surface area contributed by atoms with Crippen LogP contribution in [0.5, 0.6) is 0 Å². The number of aliphatic imine (C=N–C) groups is 1. The second-order valence-electron chi connectivity index (χ2n) is 6.01. The first-order valence-corrected chi connectivity index (χ1v) is 7.17. The summed E-state index contributed by atoms with van der Waals surface area (Å²) in [5.74, 6) is 2.12. The van der Waals surface area contributed by atoms with Gasteiger partial charge in [-0.15, -0.1) is 6.42 Å². The van der Waals surface area contributed by atoms with Crippen molar-refractivity contribution in [1.82, 2.24) is 9.55 Å². The molecule has 0 amide bonds. The average molecular weight is 320 g/mol. The summed E-state index contributed by atoms with van der Waals surface area (Å²) in [6, 6.07) is 0. The third kappa shape index (κ3) is 2.71. The van der Waals surface area contributed by atoms with Gasteiger partial charge in [0.25, 0.3) is 0 Å². The summed E-state index contributed by atoms with van der Waals surface area (Å²) in [5.41, 5.74) is 11.6. The van der Waals surface area contributed by atoms with Crippen molar-refractivity contribution in [3.8, 4) is 12.3 Å². The van der Waals surface area contributed by atoms with Crippen LogP contribution in [0, 0.1) is 12.3 Å². The number of ether oxygens (including phenoxy) is 2. The molecule has 124 valence electrons. The molecule has 0 spiro atoms. The van der Waals surface area contributed by atoms with Crippen LogP contribution in [0.2, 0.25) is 0 Å². The van der Waals surface area contributed by atoms with E-state index in [-0.39, 0.29) is 6.61 Å². The summed E-state index contributed by atoms with van der Waals surface area (Å²) >= 11 is 0. The molecule has 2 aliphatic heterocycles. The first-order chi connectivity index (χ1) is 10.8. The Morgan fingerprint density at radius 2 is 2.35 bits per heavy atom. The van der Waals surface area contributed by atoms with Crippen molar-refractivity contribution in [2.75, 3.05) is 11.9 Å². The zero-order chi connectivity index (χ0) is 16.8. The molecule has 0 aliphatic carbocycles. The molecular weight excluding hydrogens is 300 g/mol. The van der Waals surface area contributed by atoms with Crippen molar-refractivity contribution in [3.63, 3.8) is 0 Å². The Labute approximate surface area is 133 Å². The highest BCUT2D eigenvalue weighted by atomic mass is 16.7. The van der Waals surface area contributed by atoms with E-state index in [1.807, 2.05) is 0 Å². The SMILES string of the molecule is C#CC1(N)CO[C@@H]([C@H](C)O)O[C@H]1n1cnc2c1NC(C)(N)N=C2. The van der Waals surface area contributed by atoms with Crippen LogP contribution in [0.1, 0.15) is 25.8 Å². The van der Waals surface area contributed by atoms with Gasteiger partial charge >= 0.3 is 0 Å². The predicted octanol–water partition coefficient (Wildman–Crippen LogP) is -1.06. The number of terminal acetylenes is 1. The molecule has 0 bridgehead atoms. The predicted molar refractivity (Wildman–Crippen MR) is 83.3 cm³/mol. The normalized spacial score (nSPS) is 37.6. The highest BCUT2D eigenvalue weighted by Crippen LogP contribution is 2.34. The molecule has 1 fully saturated rings. The quantitative estimate of drug-likeness (QED) is 0.511. The van der Waals surface area contributed by atoms with Gasteiger partial charge in [0.05, 0.1) is 19.1 Å². The van der Waals surface area contributed by atoms with Crippen LogP contribution in [0.15, 0.2) is 11.3 Å². The Bertz CT molecular complexity index is 677. The average Bonchev–Trinajstić information content (AvgIpc) is 2.88. The van der Waals surface area contributed by atoms with Crippen LogP contribution in [0.3, 0.4) is 0 Å². The molecule has 1 aromatic heterocycles. The number of fused-ring (bicyclic) bond motifs is 1. The maximum atomic E-state index is 9.73. The molecule has 0 aromatic carbocycles. The Hall–Kier alpha value is -1.96. The van der Waals surface area contributed by atoms with Gasteiger partial charge < -0.3 is 25.6 Å². The van der Waals surface area contributed by atoms with Crippen molar-refractivity contribution in [1.29, 1.82) is 0 Å². The zero-order valence-electron chi connectivity index (χ0n) is 12.9. The van der Waals surface area contributed by atoms with Gasteiger partial charge in [-0.25, -0.2) is 9.98 Å². The Morgan fingerprint density at radius 3 is 3.00 bits per heavy atom. The Kier molecular flexibility index (Phi) is 3.66. The van der Waals surface area contributed by atoms with E-state index in [0.29, 0.717) is 11.5 Å². The number of aliphatic hydroxyl groups is 1. The van der Waals surface area contributed by atoms with Crippen LogP contribution in [-0.4, -0.2) is 51.2 Å². The number of nitrogens with zero attached hydrogens (tertiary/aromatic N) is 3. The molecule has 0 radical (unpaired) electrons. The van der Waals surface area contributed by atoms with E-state index in [1.165, 1.54) is 0 Å². The van der Waals surface area contributed by atoms with E-state index < -0.39 is 29.9 Å². The van der Waals surface area contributed by atoms with Crippen LogP contribution < -0.4 is 16.8 Å². The van der Waals surface area contributed by atoms with Crippen molar-refractivity contribution >= 4 is 12.0 Å². The number of hydrogen-bond acceptors (Lipinski definition) is 8. The van der Waals surface area contributed by atoms with Gasteiger partial charge in [-0.3, -0.25) is 10.3 Å². The molecule has 9 nitrogen and oxygen atoms in total. The minimum Gasteiger partial charge on any atom is -0.388 e. The molecule has 6 N–H and O–H groups in total. The van der Waals surface area contributed by atoms with Crippen LogP contribution in [-0.2, 0) is 9.47 Å². The molecule has 1 saturated heterocycles. The third-order valence-corrected chi connectivity index (χ3v) is 3.75. The maximum absolute atomic E-state index is 9.73. The topological polar surface area (TPSA) is 133 Å². The van der Waals surface area contributed by atoms with Gasteiger partial charge in [-0.1, -0.05) is 5.92 Å². The second kappa shape index (κ2) is 5.30. The van der Waals surface area contributed by atoms with Gasteiger partial charge in [0.15, 0.2) is 18.3 Å². The first kappa shape index (κ1) is 15.9. The van der Waals surface area contributed by atoms with E-state index in [9.17, 15) is 5.11 Å². The summed E-state index contributed by atoms with van der Waals surface area (Å²) in [6.07, 6.45) is 6.23. The summed E-state index contributed by atoms with van der Waals surface area (Å²) in [7, 11) is 0. The zero-order valence-corrected chi connectivity index (χ0v) is 12.9. The van der Waals surface area contributed by atoms with E-state index >= 15 is 0 Å². The maximum Gasteiger partial charge on any atom is 0.185 e. The van der Waals surface area contributed by atoms with Crippen LogP contribution in [0.25, 0.3) is 0 Å². The number of nitrogens with one attached hydrogen (secondary N) is 1. The van der Waals surface area contributed by atoms with Gasteiger partial charge in [0, 0.05) is 0 Å². The summed E-state index contributed by atoms with van der Waals surface area (Å²) in [5, 5.41) is 12.8. The van der Waals surface area contributed by atoms with Gasteiger partial charge in [-0.2, -0.15) is 0 Å². The van der Waals surface area contributed by atoms with E-state index in [4.69, 9.17) is 27.4 Å². The fraction of sp³-hybridized carbons (Fsp3) is 0.571. The lowest BCUT2D eigenvalue weighted by Gasteiger charge is -2.42. The van der Waals surface area contributed by atoms with E-state index in [2.05, 4.69) is 21.2 Å². The largest absolute Gasteiger partial charge is 0.388 e. The minimum absolute atomic E-state index is 0.0324. The molecule has 9 heteroatoms. The molecule has 23 heavy (non-hydrogen) atoms. The standard InChI is InChI=1S/C14H20N6O3/c1-4-14(16)6-22-11(8(2)21)23-12(14)20-7-17-9-5-18-13(3,15)19-10(9)20/h1,5,7-8,11-12,19,21H,6,15-16H2,2-3H3/t8-,11+,12+,13?,14?/m0/s1. The van der Waals surface area contributed by atoms with Crippen LogP contribution >= 0.6 is 0 Å². The molecule has 5 atom stereocenters. The van der Waals surface area contributed by atoms with Crippen LogP contribution in [0.4, 0.5) is 5.82 Å². The fourth-order valence-corrected chi connectivity index (χ4v) is 2.50. The highest BCUT2D eigenvalue weighted by Gasteiger charge is 2.45. The summed E-state index contributed by atoms with van der Waals surface area (Å²) in [4.78, 5) is 8.41. The number of rotatable bonds is 2. The number of aromatic nitrogens is 2. The number of aliphatic hydroxyl groups excluding tert-OH is 1. The van der Waals surface area contributed by atoms with Crippen molar-refractivity contribution in [2.45, 2.75) is 43.8 Å². The molecule has 3 rings (SSSR count).